The zero-order valence-corrected chi connectivity index (χ0v) is 37.7. The molecular weight excluding hydrogens is 744 g/mol. The van der Waals surface area contributed by atoms with Gasteiger partial charge in [0.25, 0.3) is 0 Å². The van der Waals surface area contributed by atoms with E-state index in [9.17, 15) is 0 Å². The van der Waals surface area contributed by atoms with E-state index in [4.69, 9.17) is 13.6 Å². The van der Waals surface area contributed by atoms with E-state index < -0.39 is 7.82 Å². The maximum atomic E-state index is 15.9. The number of phosphoric acid groups is 1. The van der Waals surface area contributed by atoms with E-state index in [0.717, 1.165) is 91.2 Å². The van der Waals surface area contributed by atoms with Crippen molar-refractivity contribution in [3.63, 3.8) is 0 Å². The second-order valence-electron chi connectivity index (χ2n) is 15.1. The molecule has 0 bridgehead atoms. The van der Waals surface area contributed by atoms with E-state index >= 15 is 4.57 Å². The van der Waals surface area contributed by atoms with Crippen molar-refractivity contribution in [1.29, 1.82) is 0 Å². The Morgan fingerprint density at radius 1 is 0.305 bits per heavy atom. The highest BCUT2D eigenvalue weighted by Crippen LogP contribution is 2.55. The van der Waals surface area contributed by atoms with E-state index in [0.29, 0.717) is 17.2 Å². The Balaban J connectivity index is 1.55. The number of para-hydroxylation sites is 3. The van der Waals surface area contributed by atoms with E-state index in [-0.39, 0.29) is 0 Å². The third kappa shape index (κ3) is 8.95. The molecule has 0 atom stereocenters. The lowest BCUT2D eigenvalue weighted by molar-refractivity contribution is 0.299. The normalized spacial score (nSPS) is 11.5. The van der Waals surface area contributed by atoms with Crippen molar-refractivity contribution in [3.8, 4) is 50.6 Å². The van der Waals surface area contributed by atoms with Crippen LogP contribution in [0.5, 0.6) is 17.2 Å². The number of phosphoric ester groups is 1. The summed E-state index contributed by atoms with van der Waals surface area (Å²) in [6.45, 7) is 19.9. The van der Waals surface area contributed by atoms with Crippen LogP contribution in [0.25, 0.3) is 33.4 Å². The fourth-order valence-electron chi connectivity index (χ4n) is 9.23. The van der Waals surface area contributed by atoms with Crippen molar-refractivity contribution < 1.29 is 18.1 Å². The molecule has 59 heavy (non-hydrogen) atoms. The SMILES string of the molecule is CCc1ccc(-c2ccccc2OP(=O)(Oc2ccccc2-c2ccc(CC)c(CC)c2CC)Oc2ccccc2-c2ccc(CC)c(CC)c2CC)c(CC)c1CC. The van der Waals surface area contributed by atoms with Crippen molar-refractivity contribution in [2.75, 3.05) is 0 Å². The van der Waals surface area contributed by atoms with Gasteiger partial charge in [-0.05, 0) is 143 Å². The van der Waals surface area contributed by atoms with Crippen molar-refractivity contribution in [2.45, 2.75) is 120 Å². The summed E-state index contributed by atoms with van der Waals surface area (Å²) in [5, 5.41) is 0. The average Bonchev–Trinajstić information content (AvgIpc) is 3.27. The molecule has 0 radical (unpaired) electrons. The van der Waals surface area contributed by atoms with Crippen LogP contribution in [-0.2, 0) is 62.4 Å². The number of hydrogen-bond donors (Lipinski definition) is 0. The lowest BCUT2D eigenvalue weighted by Crippen LogP contribution is -2.10. The van der Waals surface area contributed by atoms with E-state index in [2.05, 4.69) is 98.7 Å². The number of rotatable bonds is 18. The van der Waals surface area contributed by atoms with Crippen molar-refractivity contribution in [3.05, 3.63) is 159 Å². The van der Waals surface area contributed by atoms with Crippen LogP contribution in [0, 0.1) is 0 Å². The lowest BCUT2D eigenvalue weighted by atomic mass is 9.88. The van der Waals surface area contributed by atoms with Gasteiger partial charge in [-0.2, -0.15) is 4.57 Å². The monoisotopic (exact) mass is 806 g/mol. The fraction of sp³-hybridized carbons (Fsp3) is 0.333. The van der Waals surface area contributed by atoms with Gasteiger partial charge in [0.2, 0.25) is 0 Å². The summed E-state index contributed by atoms with van der Waals surface area (Å²) in [5.74, 6) is 1.32. The van der Waals surface area contributed by atoms with Gasteiger partial charge >= 0.3 is 7.82 Å². The van der Waals surface area contributed by atoms with Crippen molar-refractivity contribution >= 4 is 7.82 Å². The standard InChI is InChI=1S/C54H63O4P/c1-10-37-31-34-46(43(16-7)40(37)13-4)49-25-19-22-28-52(49)56-59(55,57-53-29-23-20-26-50(53)47-35-32-38(11-2)41(14-5)44(47)17-8)58-54-30-24-21-27-51(54)48-36-33-39(12-3)42(15-6)45(48)18-9/h19-36H,10-18H2,1-9H3. The summed E-state index contributed by atoms with van der Waals surface area (Å²) in [4.78, 5) is 0. The van der Waals surface area contributed by atoms with E-state index in [1.807, 2.05) is 72.8 Å². The van der Waals surface area contributed by atoms with Crippen LogP contribution in [0.1, 0.15) is 112 Å². The molecule has 0 aromatic heterocycles. The summed E-state index contributed by atoms with van der Waals surface area (Å²) >= 11 is 0. The Bertz CT molecular complexity index is 2170. The molecule has 0 N–H and O–H groups in total. The molecule has 0 unspecified atom stereocenters. The van der Waals surface area contributed by atoms with Crippen LogP contribution in [0.2, 0.25) is 0 Å². The molecule has 0 spiro atoms. The Kier molecular flexibility index (Phi) is 14.6. The predicted octanol–water partition coefficient (Wildman–Crippen LogP) is 15.4. The van der Waals surface area contributed by atoms with Gasteiger partial charge in [0.1, 0.15) is 17.2 Å². The second kappa shape index (κ2) is 19.8. The molecule has 0 amide bonds. The summed E-state index contributed by atoms with van der Waals surface area (Å²) in [5.41, 5.74) is 17.7. The van der Waals surface area contributed by atoms with Gasteiger partial charge in [0.05, 0.1) is 0 Å². The highest BCUT2D eigenvalue weighted by atomic mass is 31.2. The van der Waals surface area contributed by atoms with Gasteiger partial charge in [0.15, 0.2) is 0 Å². The molecule has 0 saturated carbocycles. The maximum Gasteiger partial charge on any atom is 0.647 e. The van der Waals surface area contributed by atoms with Crippen LogP contribution in [0.15, 0.2) is 109 Å². The molecule has 6 aromatic carbocycles. The quantitative estimate of drug-likeness (QED) is 0.0812. The average molecular weight is 807 g/mol. The maximum absolute atomic E-state index is 15.9. The molecule has 5 heteroatoms. The van der Waals surface area contributed by atoms with Gasteiger partial charge in [-0.25, -0.2) is 0 Å². The zero-order chi connectivity index (χ0) is 42.1. The molecule has 0 saturated heterocycles. The third-order valence-corrected chi connectivity index (χ3v) is 13.3. The third-order valence-electron chi connectivity index (χ3n) is 12.0. The highest BCUT2D eigenvalue weighted by Gasteiger charge is 2.37. The van der Waals surface area contributed by atoms with Gasteiger partial charge in [0, 0.05) is 16.7 Å². The lowest BCUT2D eigenvalue weighted by Gasteiger charge is -2.25. The van der Waals surface area contributed by atoms with Crippen LogP contribution in [0.4, 0.5) is 0 Å². The first kappa shape index (κ1) is 43.5. The van der Waals surface area contributed by atoms with Gasteiger partial charge in [-0.3, -0.25) is 0 Å². The van der Waals surface area contributed by atoms with E-state index in [1.54, 1.807) is 0 Å². The summed E-state index contributed by atoms with van der Waals surface area (Å²) in [6.07, 6.45) is 8.26. The molecule has 0 aliphatic heterocycles. The van der Waals surface area contributed by atoms with Crippen LogP contribution in [-0.4, -0.2) is 0 Å². The first-order chi connectivity index (χ1) is 28.7. The highest BCUT2D eigenvalue weighted by molar-refractivity contribution is 7.49. The van der Waals surface area contributed by atoms with Gasteiger partial charge in [-0.15, -0.1) is 0 Å². The Morgan fingerprint density at radius 2 is 0.559 bits per heavy atom. The first-order valence-electron chi connectivity index (χ1n) is 22.1. The molecule has 0 aliphatic rings. The molecule has 4 nitrogen and oxygen atoms in total. The van der Waals surface area contributed by atoms with Crippen LogP contribution >= 0.6 is 7.82 Å². The molecule has 308 valence electrons. The summed E-state index contributed by atoms with van der Waals surface area (Å²) in [7, 11) is -4.50. The Labute approximate surface area is 354 Å². The molecule has 0 heterocycles. The molecule has 0 fully saturated rings. The molecule has 0 aliphatic carbocycles. The Hall–Kier alpha value is -5.05. The second-order valence-corrected chi connectivity index (χ2v) is 16.5. The van der Waals surface area contributed by atoms with Crippen LogP contribution < -0.4 is 13.6 Å². The minimum Gasteiger partial charge on any atom is -0.385 e. The molecule has 6 aromatic rings. The minimum absolute atomic E-state index is 0.441. The summed E-state index contributed by atoms with van der Waals surface area (Å²) < 4.78 is 36.3. The number of hydrogen-bond acceptors (Lipinski definition) is 4. The minimum atomic E-state index is -4.50. The number of benzene rings is 6. The van der Waals surface area contributed by atoms with Gasteiger partial charge < -0.3 is 13.6 Å². The van der Waals surface area contributed by atoms with Gasteiger partial charge in [-0.1, -0.05) is 153 Å². The van der Waals surface area contributed by atoms with Crippen molar-refractivity contribution in [1.82, 2.24) is 0 Å². The predicted molar refractivity (Wildman–Crippen MR) is 250 cm³/mol. The Morgan fingerprint density at radius 3 is 0.797 bits per heavy atom. The topological polar surface area (TPSA) is 44.8 Å². The fourth-order valence-corrected chi connectivity index (χ4v) is 10.5. The zero-order valence-electron chi connectivity index (χ0n) is 36.8. The van der Waals surface area contributed by atoms with Crippen molar-refractivity contribution in [2.24, 2.45) is 0 Å². The van der Waals surface area contributed by atoms with E-state index in [1.165, 1.54) is 50.1 Å². The molecular formula is C54H63O4P. The van der Waals surface area contributed by atoms with Crippen LogP contribution in [0.3, 0.4) is 0 Å². The first-order valence-corrected chi connectivity index (χ1v) is 23.6. The summed E-state index contributed by atoms with van der Waals surface area (Å²) in [6, 6.07) is 36.8. The smallest absolute Gasteiger partial charge is 0.385 e. The largest absolute Gasteiger partial charge is 0.647 e. The number of aryl methyl sites for hydroxylation is 3. The molecule has 6 rings (SSSR count).